The highest BCUT2D eigenvalue weighted by Crippen LogP contribution is 2.19. The quantitative estimate of drug-likeness (QED) is 0.123. The van der Waals surface area contributed by atoms with Crippen LogP contribution in [0.3, 0.4) is 0 Å². The summed E-state index contributed by atoms with van der Waals surface area (Å²) in [4.78, 5) is 25.5. The zero-order valence-electron chi connectivity index (χ0n) is 18.0. The van der Waals surface area contributed by atoms with Crippen molar-refractivity contribution in [3.05, 3.63) is 65.7 Å². The van der Waals surface area contributed by atoms with Crippen LogP contribution in [0.5, 0.6) is 0 Å². The molecular formula is C24H31N3O3S. The van der Waals surface area contributed by atoms with E-state index in [4.69, 9.17) is 10.6 Å². The van der Waals surface area contributed by atoms with Gasteiger partial charge in [-0.05, 0) is 49.4 Å². The Morgan fingerprint density at radius 3 is 2.55 bits per heavy atom. The van der Waals surface area contributed by atoms with Gasteiger partial charge in [0.25, 0.3) is 0 Å². The molecular weight excluding hydrogens is 410 g/mol. The van der Waals surface area contributed by atoms with Gasteiger partial charge in [0, 0.05) is 23.1 Å². The minimum atomic E-state index is -0.287. The minimum Gasteiger partial charge on any atom is -0.466 e. The third kappa shape index (κ3) is 10.2. The maximum Gasteiger partial charge on any atom is 0.307 e. The molecule has 1 unspecified atom stereocenters. The van der Waals surface area contributed by atoms with Gasteiger partial charge in [0.2, 0.25) is 5.91 Å². The van der Waals surface area contributed by atoms with E-state index in [-0.39, 0.29) is 24.3 Å². The number of hydrogen-bond acceptors (Lipinski definition) is 6. The van der Waals surface area contributed by atoms with Gasteiger partial charge in [0.15, 0.2) is 0 Å². The maximum atomic E-state index is 12.4. The number of rotatable bonds is 13. The lowest BCUT2D eigenvalue weighted by Crippen LogP contribution is -2.38. The van der Waals surface area contributed by atoms with Gasteiger partial charge in [0.05, 0.1) is 19.2 Å². The number of carbonyl (C=O) groups is 2. The predicted octanol–water partition coefficient (Wildman–Crippen LogP) is 3.92. The molecule has 166 valence electrons. The number of carbonyl (C=O) groups excluding carboxylic acids is 2. The molecule has 2 aromatic rings. The number of aryl methyl sites for hydroxylation is 1. The van der Waals surface area contributed by atoms with Crippen molar-refractivity contribution in [1.82, 2.24) is 5.32 Å². The van der Waals surface area contributed by atoms with Crippen LogP contribution >= 0.6 is 11.8 Å². The second-order valence-corrected chi connectivity index (χ2v) is 8.22. The third-order valence-corrected chi connectivity index (χ3v) is 5.78. The molecule has 0 heterocycles. The van der Waals surface area contributed by atoms with E-state index in [1.54, 1.807) is 24.9 Å². The fraction of sp³-hybridized carbons (Fsp3) is 0.375. The Hall–Kier alpha value is -2.80. The average molecular weight is 442 g/mol. The second kappa shape index (κ2) is 14.2. The summed E-state index contributed by atoms with van der Waals surface area (Å²) in [5, 5.41) is 6.52. The first-order valence-corrected chi connectivity index (χ1v) is 11.5. The van der Waals surface area contributed by atoms with Crippen molar-refractivity contribution < 1.29 is 14.3 Å². The average Bonchev–Trinajstić information content (AvgIpc) is 2.77. The Kier molecular flexibility index (Phi) is 11.2. The van der Waals surface area contributed by atoms with Crippen LogP contribution in [0.4, 0.5) is 0 Å². The predicted molar refractivity (Wildman–Crippen MR) is 126 cm³/mol. The van der Waals surface area contributed by atoms with E-state index in [9.17, 15) is 9.59 Å². The summed E-state index contributed by atoms with van der Waals surface area (Å²) in [6, 6.07) is 17.7. The summed E-state index contributed by atoms with van der Waals surface area (Å²) in [6.45, 7) is 2.12. The van der Waals surface area contributed by atoms with E-state index in [1.165, 1.54) is 5.56 Å². The molecule has 3 N–H and O–H groups in total. The fourth-order valence-electron chi connectivity index (χ4n) is 3.06. The molecule has 2 rings (SSSR count). The highest BCUT2D eigenvalue weighted by atomic mass is 32.2. The Bertz CT molecular complexity index is 826. The van der Waals surface area contributed by atoms with E-state index in [2.05, 4.69) is 10.4 Å². The lowest BCUT2D eigenvalue weighted by molar-refractivity contribution is -0.143. The summed E-state index contributed by atoms with van der Waals surface area (Å²) < 4.78 is 5.06. The molecule has 0 aliphatic carbocycles. The monoisotopic (exact) mass is 441 g/mol. The molecule has 0 saturated heterocycles. The first kappa shape index (κ1) is 24.5. The summed E-state index contributed by atoms with van der Waals surface area (Å²) in [7, 11) is 0. The van der Waals surface area contributed by atoms with Crippen LogP contribution in [0.15, 0.2) is 64.6 Å². The van der Waals surface area contributed by atoms with E-state index in [0.717, 1.165) is 29.7 Å². The number of unbranched alkanes of at least 4 members (excludes halogenated alkanes) is 1. The van der Waals surface area contributed by atoms with E-state index in [0.29, 0.717) is 18.8 Å². The number of thioether (sulfide) groups is 1. The van der Waals surface area contributed by atoms with Crippen molar-refractivity contribution >= 4 is 29.9 Å². The Morgan fingerprint density at radius 2 is 1.87 bits per heavy atom. The molecule has 0 bridgehead atoms. The molecule has 0 fully saturated rings. The number of hydrogen-bond donors (Lipinski definition) is 2. The van der Waals surface area contributed by atoms with E-state index < -0.39 is 0 Å². The Labute approximate surface area is 188 Å². The normalized spacial score (nSPS) is 11.9. The van der Waals surface area contributed by atoms with E-state index in [1.807, 2.05) is 54.6 Å². The molecule has 0 spiro atoms. The number of nitrogens with two attached hydrogens (primary N) is 1. The molecule has 1 amide bonds. The smallest absolute Gasteiger partial charge is 0.307 e. The summed E-state index contributed by atoms with van der Waals surface area (Å²) >= 11 is 1.62. The standard InChI is InChI=1S/C24H31N3O3S/c1-2-30-24(29)16-21(18-31-22-9-4-3-5-10-22)27-23(28)11-7-6-8-19-12-14-20(15-13-19)17-26-25/h3-5,9-10,12-15,17,21H,2,6-8,11,16,18,25H2,1H3,(H,27,28)/b26-17+. The van der Waals surface area contributed by atoms with Crippen molar-refractivity contribution in [2.75, 3.05) is 12.4 Å². The van der Waals surface area contributed by atoms with Gasteiger partial charge >= 0.3 is 5.97 Å². The van der Waals surface area contributed by atoms with Crippen LogP contribution < -0.4 is 11.2 Å². The Morgan fingerprint density at radius 1 is 1.13 bits per heavy atom. The SMILES string of the molecule is CCOC(=O)CC(CSc1ccccc1)NC(=O)CCCCc1ccc(/C=N/N)cc1. The lowest BCUT2D eigenvalue weighted by Gasteiger charge is -2.18. The van der Waals surface area contributed by atoms with Crippen molar-refractivity contribution in [3.8, 4) is 0 Å². The van der Waals surface area contributed by atoms with Gasteiger partial charge in [-0.2, -0.15) is 5.10 Å². The first-order chi connectivity index (χ1) is 15.1. The molecule has 31 heavy (non-hydrogen) atoms. The van der Waals surface area contributed by atoms with Crippen molar-refractivity contribution in [3.63, 3.8) is 0 Å². The summed E-state index contributed by atoms with van der Waals surface area (Å²) in [6.07, 6.45) is 4.83. The van der Waals surface area contributed by atoms with Crippen LogP contribution in [0, 0.1) is 0 Å². The molecule has 2 aromatic carbocycles. The highest BCUT2D eigenvalue weighted by Gasteiger charge is 2.17. The molecule has 0 radical (unpaired) electrons. The van der Waals surface area contributed by atoms with Crippen LogP contribution in [0.2, 0.25) is 0 Å². The maximum absolute atomic E-state index is 12.4. The van der Waals surface area contributed by atoms with Gasteiger partial charge in [0.1, 0.15) is 0 Å². The number of nitrogens with one attached hydrogen (secondary N) is 1. The van der Waals surface area contributed by atoms with Gasteiger partial charge in [-0.15, -0.1) is 11.8 Å². The summed E-state index contributed by atoms with van der Waals surface area (Å²) in [5.41, 5.74) is 2.18. The molecule has 0 aromatic heterocycles. The first-order valence-electron chi connectivity index (χ1n) is 10.6. The van der Waals surface area contributed by atoms with Crippen LogP contribution in [-0.2, 0) is 20.7 Å². The van der Waals surface area contributed by atoms with Crippen LogP contribution in [-0.4, -0.2) is 36.5 Å². The van der Waals surface area contributed by atoms with Crippen molar-refractivity contribution in [2.45, 2.75) is 50.0 Å². The van der Waals surface area contributed by atoms with Crippen LogP contribution in [0.25, 0.3) is 0 Å². The highest BCUT2D eigenvalue weighted by molar-refractivity contribution is 7.99. The summed E-state index contributed by atoms with van der Waals surface area (Å²) in [5.74, 6) is 5.45. The minimum absolute atomic E-state index is 0.0301. The molecule has 0 aliphatic rings. The number of benzene rings is 2. The number of amides is 1. The topological polar surface area (TPSA) is 93.8 Å². The van der Waals surface area contributed by atoms with Crippen molar-refractivity contribution in [2.24, 2.45) is 10.9 Å². The van der Waals surface area contributed by atoms with Gasteiger partial charge in [-0.3, -0.25) is 9.59 Å². The molecule has 0 saturated carbocycles. The Balaban J connectivity index is 1.76. The number of esters is 1. The number of nitrogens with zero attached hydrogens (tertiary/aromatic N) is 1. The lowest BCUT2D eigenvalue weighted by atomic mass is 10.1. The number of hydrazone groups is 1. The van der Waals surface area contributed by atoms with Gasteiger partial charge < -0.3 is 15.9 Å². The number of ether oxygens (including phenoxy) is 1. The molecule has 0 aliphatic heterocycles. The third-order valence-electron chi connectivity index (χ3n) is 4.60. The van der Waals surface area contributed by atoms with Crippen molar-refractivity contribution in [1.29, 1.82) is 0 Å². The van der Waals surface area contributed by atoms with E-state index >= 15 is 0 Å². The zero-order valence-corrected chi connectivity index (χ0v) is 18.8. The van der Waals surface area contributed by atoms with Gasteiger partial charge in [-0.25, -0.2) is 0 Å². The fourth-order valence-corrected chi connectivity index (χ4v) is 4.00. The largest absolute Gasteiger partial charge is 0.466 e. The second-order valence-electron chi connectivity index (χ2n) is 7.12. The van der Waals surface area contributed by atoms with Gasteiger partial charge in [-0.1, -0.05) is 42.5 Å². The van der Waals surface area contributed by atoms with Crippen LogP contribution in [0.1, 0.15) is 43.7 Å². The molecule has 6 nitrogen and oxygen atoms in total. The molecule has 1 atom stereocenters. The zero-order chi connectivity index (χ0) is 22.3. The molecule has 7 heteroatoms.